The highest BCUT2D eigenvalue weighted by atomic mass is 32.2. The fourth-order valence-corrected chi connectivity index (χ4v) is 6.03. The Morgan fingerprint density at radius 2 is 1.14 bits per heavy atom. The summed E-state index contributed by atoms with van der Waals surface area (Å²) in [5.74, 6) is 0.929. The van der Waals surface area contributed by atoms with Gasteiger partial charge in [-0.25, -0.2) is 0 Å². The van der Waals surface area contributed by atoms with Crippen LogP contribution in [0.15, 0.2) is 0 Å². The van der Waals surface area contributed by atoms with Gasteiger partial charge in [-0.05, 0) is 19.3 Å². The van der Waals surface area contributed by atoms with E-state index in [1.807, 2.05) is 0 Å². The number of carbonyl (C=O) groups is 1. The van der Waals surface area contributed by atoms with E-state index < -0.39 is 8.80 Å². The van der Waals surface area contributed by atoms with Gasteiger partial charge in [0.15, 0.2) is 5.12 Å². The predicted octanol–water partition coefficient (Wildman–Crippen LogP) is 7.00. The first-order valence-electron chi connectivity index (χ1n) is 11.4. The van der Waals surface area contributed by atoms with Crippen molar-refractivity contribution in [3.8, 4) is 0 Å². The van der Waals surface area contributed by atoms with Crippen molar-refractivity contribution in [3.63, 3.8) is 0 Å². The molecular weight excluding hydrogens is 388 g/mol. The summed E-state index contributed by atoms with van der Waals surface area (Å²) in [6, 6.07) is 0.841. The van der Waals surface area contributed by atoms with Gasteiger partial charge in [0.05, 0.1) is 0 Å². The summed E-state index contributed by atoms with van der Waals surface area (Å²) in [5, 5.41) is 0.366. The highest BCUT2D eigenvalue weighted by Gasteiger charge is 2.36. The number of unbranched alkanes of at least 4 members (excludes halogenated alkanes) is 12. The Hall–Kier alpha value is 0.117. The highest BCUT2D eigenvalue weighted by Crippen LogP contribution is 2.19. The molecule has 0 saturated carbocycles. The maximum atomic E-state index is 11.9. The Labute approximate surface area is 180 Å². The summed E-state index contributed by atoms with van der Waals surface area (Å²) in [6.45, 7) is 2.27. The molecule has 0 bridgehead atoms. The minimum Gasteiger partial charge on any atom is -0.377 e. The second kappa shape index (κ2) is 20.4. The Morgan fingerprint density at radius 3 is 1.64 bits per heavy atom. The Balaban J connectivity index is 3.38. The van der Waals surface area contributed by atoms with Crippen LogP contribution in [0.25, 0.3) is 0 Å². The van der Waals surface area contributed by atoms with Crippen molar-refractivity contribution in [1.29, 1.82) is 0 Å². The van der Waals surface area contributed by atoms with Crippen molar-refractivity contribution in [1.82, 2.24) is 0 Å². The van der Waals surface area contributed by atoms with Gasteiger partial charge < -0.3 is 13.3 Å². The molecule has 4 nitrogen and oxygen atoms in total. The van der Waals surface area contributed by atoms with Crippen LogP contribution in [0.1, 0.15) is 103 Å². The highest BCUT2D eigenvalue weighted by molar-refractivity contribution is 8.13. The fourth-order valence-electron chi connectivity index (χ4n) is 3.37. The van der Waals surface area contributed by atoms with E-state index in [9.17, 15) is 4.79 Å². The molecule has 0 aromatic carbocycles. The zero-order chi connectivity index (χ0) is 20.9. The molecule has 0 aromatic rings. The number of hydrogen-bond acceptors (Lipinski definition) is 5. The van der Waals surface area contributed by atoms with Crippen LogP contribution in [-0.4, -0.2) is 41.0 Å². The lowest BCUT2D eigenvalue weighted by Gasteiger charge is -2.24. The molecule has 168 valence electrons. The van der Waals surface area contributed by atoms with Gasteiger partial charge in [0.2, 0.25) is 0 Å². The van der Waals surface area contributed by atoms with E-state index >= 15 is 0 Å². The summed E-state index contributed by atoms with van der Waals surface area (Å²) in [5.41, 5.74) is 0. The molecule has 0 saturated heterocycles. The molecule has 0 N–H and O–H groups in total. The number of thioether (sulfide) groups is 1. The maximum Gasteiger partial charge on any atom is 0.500 e. The lowest BCUT2D eigenvalue weighted by Crippen LogP contribution is -2.42. The molecule has 0 aliphatic heterocycles. The Kier molecular flexibility index (Phi) is 20.5. The fraction of sp³-hybridized carbons (Fsp3) is 0.955. The van der Waals surface area contributed by atoms with Crippen molar-refractivity contribution in [2.45, 2.75) is 109 Å². The van der Waals surface area contributed by atoms with Crippen molar-refractivity contribution in [2.75, 3.05) is 27.1 Å². The van der Waals surface area contributed by atoms with Crippen LogP contribution in [0.5, 0.6) is 0 Å². The standard InChI is InChI=1S/C22H46O4SSi/c1-5-6-7-8-9-10-11-12-13-14-16-19-22(23)27-20-17-15-18-21-28(24-2,25-3)26-4/h5-21H2,1-4H3. The van der Waals surface area contributed by atoms with Gasteiger partial charge in [0.25, 0.3) is 0 Å². The lowest BCUT2D eigenvalue weighted by atomic mass is 10.1. The number of hydrogen-bond donors (Lipinski definition) is 0. The molecular formula is C22H46O4SSi. The van der Waals surface area contributed by atoms with Crippen LogP contribution in [0, 0.1) is 0 Å². The molecule has 0 rings (SSSR count). The SMILES string of the molecule is CCCCCCCCCCCCCC(=O)SCCCCC[Si](OC)(OC)OC. The molecule has 0 aliphatic carbocycles. The van der Waals surface area contributed by atoms with E-state index in [1.54, 1.807) is 21.3 Å². The Bertz CT molecular complexity index is 343. The van der Waals surface area contributed by atoms with E-state index in [0.29, 0.717) is 5.12 Å². The first-order chi connectivity index (χ1) is 13.6. The van der Waals surface area contributed by atoms with Crippen LogP contribution in [0.3, 0.4) is 0 Å². The normalized spacial score (nSPS) is 11.9. The zero-order valence-corrected chi connectivity index (χ0v) is 20.9. The minimum absolute atomic E-state index is 0.366. The molecule has 28 heavy (non-hydrogen) atoms. The lowest BCUT2D eigenvalue weighted by molar-refractivity contribution is -0.111. The van der Waals surface area contributed by atoms with Crippen LogP contribution < -0.4 is 0 Å². The molecule has 0 fully saturated rings. The molecule has 0 aliphatic rings. The second-order valence-electron chi connectivity index (χ2n) is 7.61. The topological polar surface area (TPSA) is 44.8 Å². The van der Waals surface area contributed by atoms with Gasteiger partial charge in [-0.1, -0.05) is 89.3 Å². The third-order valence-electron chi connectivity index (χ3n) is 5.31. The first kappa shape index (κ1) is 28.1. The summed E-state index contributed by atoms with van der Waals surface area (Å²) in [6.07, 6.45) is 18.5. The minimum atomic E-state index is -2.42. The van der Waals surface area contributed by atoms with Crippen LogP contribution in [-0.2, 0) is 18.1 Å². The van der Waals surface area contributed by atoms with Gasteiger partial charge in [-0.2, -0.15) is 0 Å². The molecule has 0 radical (unpaired) electrons. The van der Waals surface area contributed by atoms with E-state index in [1.165, 1.54) is 76.0 Å². The van der Waals surface area contributed by atoms with E-state index in [-0.39, 0.29) is 0 Å². The summed E-state index contributed by atoms with van der Waals surface area (Å²) in [4.78, 5) is 11.9. The molecule has 0 heterocycles. The van der Waals surface area contributed by atoms with Gasteiger partial charge in [-0.3, -0.25) is 4.79 Å². The third-order valence-corrected chi connectivity index (χ3v) is 9.16. The van der Waals surface area contributed by atoms with Crippen molar-refractivity contribution < 1.29 is 18.1 Å². The Morgan fingerprint density at radius 1 is 0.679 bits per heavy atom. The number of rotatable bonds is 21. The van der Waals surface area contributed by atoms with Crippen molar-refractivity contribution in [2.24, 2.45) is 0 Å². The van der Waals surface area contributed by atoms with Gasteiger partial charge in [0.1, 0.15) is 0 Å². The summed E-state index contributed by atoms with van der Waals surface area (Å²) in [7, 11) is 2.55. The van der Waals surface area contributed by atoms with Gasteiger partial charge in [-0.15, -0.1) is 0 Å². The predicted molar refractivity (Wildman–Crippen MR) is 124 cm³/mol. The van der Waals surface area contributed by atoms with Crippen molar-refractivity contribution >= 4 is 25.7 Å². The zero-order valence-electron chi connectivity index (χ0n) is 19.1. The van der Waals surface area contributed by atoms with Crippen LogP contribution in [0.2, 0.25) is 6.04 Å². The molecule has 0 aromatic heterocycles. The average molecular weight is 435 g/mol. The first-order valence-corrected chi connectivity index (χ1v) is 14.4. The third kappa shape index (κ3) is 16.0. The van der Waals surface area contributed by atoms with Gasteiger partial charge in [0, 0.05) is 39.5 Å². The number of carbonyl (C=O) groups excluding carboxylic acids is 1. The molecule has 0 spiro atoms. The van der Waals surface area contributed by atoms with Gasteiger partial charge >= 0.3 is 8.80 Å². The van der Waals surface area contributed by atoms with Crippen molar-refractivity contribution in [3.05, 3.63) is 0 Å². The molecule has 6 heteroatoms. The van der Waals surface area contributed by atoms with Crippen LogP contribution >= 0.6 is 11.8 Å². The van der Waals surface area contributed by atoms with E-state index in [0.717, 1.165) is 43.9 Å². The second-order valence-corrected chi connectivity index (χ2v) is 11.9. The smallest absolute Gasteiger partial charge is 0.377 e. The molecule has 0 unspecified atom stereocenters. The monoisotopic (exact) mass is 434 g/mol. The largest absolute Gasteiger partial charge is 0.500 e. The van der Waals surface area contributed by atoms with E-state index in [2.05, 4.69) is 6.92 Å². The quantitative estimate of drug-likeness (QED) is 0.144. The average Bonchev–Trinajstić information content (AvgIpc) is 2.72. The summed E-state index contributed by atoms with van der Waals surface area (Å²) >= 11 is 1.51. The summed E-state index contributed by atoms with van der Waals surface area (Å²) < 4.78 is 16.3. The molecule has 0 amide bonds. The maximum absolute atomic E-state index is 11.9. The van der Waals surface area contributed by atoms with E-state index in [4.69, 9.17) is 13.3 Å². The van der Waals surface area contributed by atoms with Crippen LogP contribution in [0.4, 0.5) is 0 Å². The molecule has 0 atom stereocenters.